The van der Waals surface area contributed by atoms with Crippen LogP contribution in [-0.4, -0.2) is 31.7 Å². The topological polar surface area (TPSA) is 66.5 Å². The first-order valence-corrected chi connectivity index (χ1v) is 11.8. The van der Waals surface area contributed by atoms with Crippen molar-refractivity contribution in [3.63, 3.8) is 0 Å². The molecule has 1 aliphatic heterocycles. The molecule has 2 aromatic rings. The smallest absolute Gasteiger partial charge is 0.251 e. The number of hydrogen-bond donors (Lipinski definition) is 1. The molecule has 1 aliphatic rings. The van der Waals surface area contributed by atoms with Crippen LogP contribution >= 0.6 is 23.2 Å². The predicted octanol–water partition coefficient (Wildman–Crippen LogP) is 4.80. The zero-order valence-electron chi connectivity index (χ0n) is 16.2. The molecule has 0 radical (unpaired) electrons. The van der Waals surface area contributed by atoms with Crippen LogP contribution in [0.1, 0.15) is 47.2 Å². The summed E-state index contributed by atoms with van der Waals surface area (Å²) in [6.45, 7) is 3.05. The van der Waals surface area contributed by atoms with Crippen LogP contribution in [0.4, 0.5) is 0 Å². The fourth-order valence-electron chi connectivity index (χ4n) is 3.37. The van der Waals surface area contributed by atoms with Gasteiger partial charge in [0, 0.05) is 35.2 Å². The molecule has 0 aliphatic carbocycles. The van der Waals surface area contributed by atoms with Crippen molar-refractivity contribution in [2.45, 2.75) is 44.0 Å². The average Bonchev–Trinajstić information content (AvgIpc) is 2.97. The van der Waals surface area contributed by atoms with Gasteiger partial charge in [0.05, 0.1) is 4.90 Å². The second-order valence-corrected chi connectivity index (χ2v) is 10.00. The van der Waals surface area contributed by atoms with E-state index < -0.39 is 10.0 Å². The van der Waals surface area contributed by atoms with E-state index in [0.29, 0.717) is 34.3 Å². The first-order chi connectivity index (χ1) is 13.8. The highest BCUT2D eigenvalue weighted by molar-refractivity contribution is 7.89. The van der Waals surface area contributed by atoms with E-state index in [9.17, 15) is 13.2 Å². The van der Waals surface area contributed by atoms with Crippen LogP contribution in [0.15, 0.2) is 41.3 Å². The predicted molar refractivity (Wildman–Crippen MR) is 116 cm³/mol. The minimum absolute atomic E-state index is 0.152. The molecule has 2 aromatic carbocycles. The summed E-state index contributed by atoms with van der Waals surface area (Å²) in [5.41, 5.74) is 1.78. The van der Waals surface area contributed by atoms with Crippen molar-refractivity contribution < 1.29 is 13.2 Å². The van der Waals surface area contributed by atoms with Gasteiger partial charge in [-0.1, -0.05) is 48.2 Å². The summed E-state index contributed by atoms with van der Waals surface area (Å²) in [7, 11) is -3.62. The Labute approximate surface area is 182 Å². The lowest BCUT2D eigenvalue weighted by Crippen LogP contribution is -2.32. The summed E-state index contributed by atoms with van der Waals surface area (Å²) in [6, 6.07) is 9.78. The Morgan fingerprint density at radius 2 is 1.72 bits per heavy atom. The van der Waals surface area contributed by atoms with Crippen LogP contribution in [0, 0.1) is 6.92 Å². The molecule has 0 atom stereocenters. The summed E-state index contributed by atoms with van der Waals surface area (Å²) in [5, 5.41) is 3.80. The summed E-state index contributed by atoms with van der Waals surface area (Å²) in [5.74, 6) is -0.346. The third-order valence-corrected chi connectivity index (χ3v) is 7.59. The van der Waals surface area contributed by atoms with Crippen LogP contribution in [0.3, 0.4) is 0 Å². The van der Waals surface area contributed by atoms with Crippen molar-refractivity contribution in [1.29, 1.82) is 0 Å². The molecule has 0 spiro atoms. The maximum Gasteiger partial charge on any atom is 0.251 e. The molecule has 0 unspecified atom stereocenters. The molecule has 1 N–H and O–H groups in total. The second kappa shape index (κ2) is 9.47. The third kappa shape index (κ3) is 5.31. The highest BCUT2D eigenvalue weighted by Crippen LogP contribution is 2.24. The Hall–Kier alpha value is -1.60. The molecule has 29 heavy (non-hydrogen) atoms. The molecule has 1 amide bonds. The molecule has 1 fully saturated rings. The van der Waals surface area contributed by atoms with Gasteiger partial charge < -0.3 is 5.32 Å². The molecular formula is C21H24Cl2N2O3S. The van der Waals surface area contributed by atoms with E-state index in [0.717, 1.165) is 31.2 Å². The number of rotatable bonds is 5. The van der Waals surface area contributed by atoms with Gasteiger partial charge in [0.2, 0.25) is 10.0 Å². The van der Waals surface area contributed by atoms with Crippen LogP contribution in [0.5, 0.6) is 0 Å². The molecule has 3 rings (SSSR count). The lowest BCUT2D eigenvalue weighted by molar-refractivity contribution is 0.0950. The van der Waals surface area contributed by atoms with Gasteiger partial charge in [0.1, 0.15) is 0 Å². The number of nitrogens with one attached hydrogen (secondary N) is 1. The number of sulfonamides is 1. The lowest BCUT2D eigenvalue weighted by Gasteiger charge is -2.20. The summed E-state index contributed by atoms with van der Waals surface area (Å²) >= 11 is 12.1. The van der Waals surface area contributed by atoms with E-state index in [-0.39, 0.29) is 17.3 Å². The molecule has 0 bridgehead atoms. The highest BCUT2D eigenvalue weighted by atomic mass is 35.5. The van der Waals surface area contributed by atoms with E-state index in [2.05, 4.69) is 5.32 Å². The summed E-state index contributed by atoms with van der Waals surface area (Å²) in [4.78, 5) is 12.9. The van der Waals surface area contributed by atoms with Crippen molar-refractivity contribution >= 4 is 39.1 Å². The number of nitrogens with zero attached hydrogens (tertiary/aromatic N) is 1. The SMILES string of the molecule is Cc1ccc(S(=O)(=O)N2CCCCCC2)cc1C(=O)NCc1ccc(Cl)cc1Cl. The number of benzene rings is 2. The fraction of sp³-hybridized carbons (Fsp3) is 0.381. The van der Waals surface area contributed by atoms with Crippen LogP contribution in [0.25, 0.3) is 0 Å². The monoisotopic (exact) mass is 454 g/mol. The van der Waals surface area contributed by atoms with Gasteiger partial charge in [0.25, 0.3) is 5.91 Å². The van der Waals surface area contributed by atoms with Gasteiger partial charge in [-0.3, -0.25) is 4.79 Å². The Morgan fingerprint density at radius 3 is 2.38 bits per heavy atom. The van der Waals surface area contributed by atoms with Crippen molar-refractivity contribution in [3.8, 4) is 0 Å². The highest BCUT2D eigenvalue weighted by Gasteiger charge is 2.26. The lowest BCUT2D eigenvalue weighted by atomic mass is 10.1. The average molecular weight is 455 g/mol. The summed E-state index contributed by atoms with van der Waals surface area (Å²) < 4.78 is 27.6. The molecule has 0 saturated carbocycles. The first kappa shape index (κ1) is 22.1. The molecule has 8 heteroatoms. The molecule has 5 nitrogen and oxygen atoms in total. The normalized spacial score (nSPS) is 15.7. The van der Waals surface area contributed by atoms with Crippen LogP contribution in [0.2, 0.25) is 10.0 Å². The Bertz CT molecular complexity index is 1000. The first-order valence-electron chi connectivity index (χ1n) is 9.62. The minimum atomic E-state index is -3.62. The maximum absolute atomic E-state index is 13.0. The number of halogens is 2. The van der Waals surface area contributed by atoms with E-state index in [1.54, 1.807) is 37.3 Å². The molecular weight excluding hydrogens is 431 g/mol. The largest absolute Gasteiger partial charge is 0.348 e. The number of amides is 1. The molecule has 156 valence electrons. The van der Waals surface area contributed by atoms with Gasteiger partial charge in [-0.25, -0.2) is 8.42 Å². The van der Waals surface area contributed by atoms with Crippen molar-refractivity contribution in [3.05, 3.63) is 63.1 Å². The van der Waals surface area contributed by atoms with Crippen molar-refractivity contribution in [1.82, 2.24) is 9.62 Å². The Balaban J connectivity index is 1.79. The number of carbonyl (C=O) groups is 1. The van der Waals surface area contributed by atoms with Gasteiger partial charge in [-0.05, 0) is 55.2 Å². The summed E-state index contributed by atoms with van der Waals surface area (Å²) in [6.07, 6.45) is 3.81. The van der Waals surface area contributed by atoms with Gasteiger partial charge in [0.15, 0.2) is 0 Å². The van der Waals surface area contributed by atoms with E-state index >= 15 is 0 Å². The zero-order valence-corrected chi connectivity index (χ0v) is 18.6. The number of hydrogen-bond acceptors (Lipinski definition) is 3. The van der Waals surface area contributed by atoms with Crippen molar-refractivity contribution in [2.75, 3.05) is 13.1 Å². The van der Waals surface area contributed by atoms with E-state index in [1.165, 1.54) is 10.4 Å². The fourth-order valence-corrected chi connectivity index (χ4v) is 5.39. The number of carbonyl (C=O) groups excluding carboxylic acids is 1. The molecule has 1 saturated heterocycles. The maximum atomic E-state index is 13.0. The zero-order chi connectivity index (χ0) is 21.0. The van der Waals surface area contributed by atoms with E-state index in [1.807, 2.05) is 0 Å². The van der Waals surface area contributed by atoms with Crippen LogP contribution < -0.4 is 5.32 Å². The Morgan fingerprint density at radius 1 is 1.03 bits per heavy atom. The minimum Gasteiger partial charge on any atom is -0.348 e. The van der Waals surface area contributed by atoms with E-state index in [4.69, 9.17) is 23.2 Å². The van der Waals surface area contributed by atoms with Gasteiger partial charge in [-0.15, -0.1) is 0 Å². The standard InChI is InChI=1S/C21H24Cl2N2O3S/c1-15-6-9-18(29(27,28)25-10-4-2-3-5-11-25)13-19(15)21(26)24-14-16-7-8-17(22)12-20(16)23/h6-9,12-13H,2-5,10-11,14H2,1H3,(H,24,26). The van der Waals surface area contributed by atoms with Crippen LogP contribution in [-0.2, 0) is 16.6 Å². The van der Waals surface area contributed by atoms with Gasteiger partial charge in [-0.2, -0.15) is 4.31 Å². The Kier molecular flexibility index (Phi) is 7.22. The quantitative estimate of drug-likeness (QED) is 0.705. The molecule has 1 heterocycles. The third-order valence-electron chi connectivity index (χ3n) is 5.11. The van der Waals surface area contributed by atoms with Crippen molar-refractivity contribution in [2.24, 2.45) is 0 Å². The molecule has 0 aromatic heterocycles. The second-order valence-electron chi connectivity index (χ2n) is 7.21. The number of aryl methyl sites for hydroxylation is 1. The van der Waals surface area contributed by atoms with Gasteiger partial charge >= 0.3 is 0 Å².